The molecule has 1 aliphatic heterocycles. The predicted molar refractivity (Wildman–Crippen MR) is 94.5 cm³/mol. The highest BCUT2D eigenvalue weighted by atomic mass is 35.5. The van der Waals surface area contributed by atoms with E-state index in [1.54, 1.807) is 19.1 Å². The van der Waals surface area contributed by atoms with E-state index in [1.807, 2.05) is 17.9 Å². The number of piperidine rings is 1. The fraction of sp³-hybridized carbons (Fsp3) is 0.588. The van der Waals surface area contributed by atoms with Crippen LogP contribution in [0, 0.1) is 5.82 Å². The number of carbonyl (C=O) groups excluding carboxylic acids is 1. The summed E-state index contributed by atoms with van der Waals surface area (Å²) in [5.74, 6) is -0.334. The maximum absolute atomic E-state index is 13.9. The number of hydrogen-bond donors (Lipinski definition) is 2. The van der Waals surface area contributed by atoms with Gasteiger partial charge >= 0.3 is 0 Å². The van der Waals surface area contributed by atoms with Crippen molar-refractivity contribution in [2.75, 3.05) is 18.0 Å². The van der Waals surface area contributed by atoms with Gasteiger partial charge in [-0.15, -0.1) is 12.4 Å². The first-order chi connectivity index (χ1) is 10.4. The summed E-state index contributed by atoms with van der Waals surface area (Å²) < 4.78 is 13.9. The summed E-state index contributed by atoms with van der Waals surface area (Å²) in [6, 6.07) is 6.78. The number of nitrogens with two attached hydrogens (primary N) is 1. The van der Waals surface area contributed by atoms with Gasteiger partial charge in [0.15, 0.2) is 0 Å². The molecule has 0 radical (unpaired) electrons. The average Bonchev–Trinajstić information content (AvgIpc) is 2.48. The normalized spacial score (nSPS) is 20.3. The Morgan fingerprint density at radius 1 is 1.48 bits per heavy atom. The monoisotopic (exact) mass is 343 g/mol. The van der Waals surface area contributed by atoms with Crippen LogP contribution in [0.15, 0.2) is 24.3 Å². The van der Waals surface area contributed by atoms with E-state index in [-0.39, 0.29) is 30.2 Å². The minimum Gasteiger partial charge on any atom is -0.367 e. The van der Waals surface area contributed by atoms with E-state index in [1.165, 1.54) is 6.07 Å². The zero-order valence-corrected chi connectivity index (χ0v) is 14.7. The summed E-state index contributed by atoms with van der Waals surface area (Å²) in [5, 5.41) is 3.04. The quantitative estimate of drug-likeness (QED) is 0.864. The first-order valence-electron chi connectivity index (χ1n) is 8.03. The largest absolute Gasteiger partial charge is 0.367 e. The first kappa shape index (κ1) is 19.7. The number of nitrogens with one attached hydrogen (secondary N) is 1. The van der Waals surface area contributed by atoms with Gasteiger partial charge in [-0.1, -0.05) is 25.5 Å². The molecule has 2 rings (SSSR count). The number of anilines is 1. The topological polar surface area (TPSA) is 58.4 Å². The van der Waals surface area contributed by atoms with Gasteiger partial charge in [-0.2, -0.15) is 0 Å². The zero-order chi connectivity index (χ0) is 16.2. The Morgan fingerprint density at radius 2 is 2.17 bits per heavy atom. The lowest BCUT2D eigenvalue weighted by molar-refractivity contribution is -0.126. The molecule has 2 atom stereocenters. The number of para-hydroxylation sites is 1. The van der Waals surface area contributed by atoms with Crippen LogP contribution in [-0.4, -0.2) is 30.6 Å². The van der Waals surface area contributed by atoms with Crippen LogP contribution in [0.5, 0.6) is 0 Å². The number of nitrogens with zero attached hydrogens (tertiary/aromatic N) is 1. The molecule has 6 heteroatoms. The maximum Gasteiger partial charge on any atom is 0.240 e. The number of amides is 1. The molecule has 130 valence electrons. The van der Waals surface area contributed by atoms with Gasteiger partial charge in [0, 0.05) is 19.1 Å². The number of rotatable bonds is 5. The molecule has 1 aliphatic rings. The number of benzene rings is 1. The van der Waals surface area contributed by atoms with E-state index >= 15 is 0 Å². The minimum atomic E-state index is -0.838. The standard InChI is InChI=1S/C17H26FN3O.ClH/c1-3-10-17(2,19)16(22)20-13-7-6-11-21(12-13)15-9-5-4-8-14(15)18;/h4-5,8-9,13H,3,6-7,10-12,19H2,1-2H3,(H,20,22);1H. The fourth-order valence-electron chi connectivity index (χ4n) is 3.01. The molecule has 0 bridgehead atoms. The molecule has 23 heavy (non-hydrogen) atoms. The van der Waals surface area contributed by atoms with Crippen molar-refractivity contribution in [3.8, 4) is 0 Å². The molecule has 2 unspecified atom stereocenters. The van der Waals surface area contributed by atoms with E-state index in [2.05, 4.69) is 5.32 Å². The molecule has 4 nitrogen and oxygen atoms in total. The summed E-state index contributed by atoms with van der Waals surface area (Å²) in [4.78, 5) is 14.3. The fourth-order valence-corrected chi connectivity index (χ4v) is 3.01. The lowest BCUT2D eigenvalue weighted by Gasteiger charge is -2.36. The van der Waals surface area contributed by atoms with Gasteiger partial charge in [-0.3, -0.25) is 4.79 Å². The summed E-state index contributed by atoms with van der Waals surface area (Å²) in [5.41, 5.74) is 5.84. The van der Waals surface area contributed by atoms with Crippen LogP contribution in [0.2, 0.25) is 0 Å². The van der Waals surface area contributed by atoms with Gasteiger partial charge in [0.25, 0.3) is 0 Å². The van der Waals surface area contributed by atoms with Crippen LogP contribution >= 0.6 is 12.4 Å². The van der Waals surface area contributed by atoms with Crippen LogP contribution in [0.1, 0.15) is 39.5 Å². The van der Waals surface area contributed by atoms with Crippen molar-refractivity contribution in [1.29, 1.82) is 0 Å². The van der Waals surface area contributed by atoms with Crippen molar-refractivity contribution < 1.29 is 9.18 Å². The van der Waals surface area contributed by atoms with E-state index in [9.17, 15) is 9.18 Å². The third-order valence-corrected chi connectivity index (χ3v) is 4.24. The van der Waals surface area contributed by atoms with Crippen molar-refractivity contribution in [2.45, 2.75) is 51.1 Å². The Labute approximate surface area is 144 Å². The Hall–Kier alpha value is -1.33. The Kier molecular flexibility index (Phi) is 7.29. The molecule has 3 N–H and O–H groups in total. The average molecular weight is 344 g/mol. The molecule has 1 saturated heterocycles. The van der Waals surface area contributed by atoms with E-state index in [4.69, 9.17) is 5.73 Å². The van der Waals surface area contributed by atoms with Crippen LogP contribution < -0.4 is 16.0 Å². The molecular weight excluding hydrogens is 317 g/mol. The van der Waals surface area contributed by atoms with Crippen molar-refractivity contribution in [2.24, 2.45) is 5.73 Å². The SMILES string of the molecule is CCCC(C)(N)C(=O)NC1CCCN(c2ccccc2F)C1.Cl. The summed E-state index contributed by atoms with van der Waals surface area (Å²) >= 11 is 0. The minimum absolute atomic E-state index is 0. The number of hydrogen-bond acceptors (Lipinski definition) is 3. The zero-order valence-electron chi connectivity index (χ0n) is 13.8. The second kappa shape index (κ2) is 8.50. The van der Waals surface area contributed by atoms with Gasteiger partial charge in [0.2, 0.25) is 5.91 Å². The molecule has 1 aromatic rings. The molecule has 0 spiro atoms. The molecule has 1 amide bonds. The summed E-state index contributed by atoms with van der Waals surface area (Å²) in [7, 11) is 0. The highest BCUT2D eigenvalue weighted by molar-refractivity contribution is 5.86. The second-order valence-corrected chi connectivity index (χ2v) is 6.38. The molecule has 1 aromatic carbocycles. The third kappa shape index (κ3) is 5.08. The van der Waals surface area contributed by atoms with E-state index in [0.29, 0.717) is 18.7 Å². The molecule has 1 heterocycles. The molecule has 0 aliphatic carbocycles. The van der Waals surface area contributed by atoms with Gasteiger partial charge in [-0.05, 0) is 38.3 Å². The van der Waals surface area contributed by atoms with Crippen molar-refractivity contribution in [3.63, 3.8) is 0 Å². The lowest BCUT2D eigenvalue weighted by atomic mass is 9.95. The molecular formula is C17H27ClFN3O. The molecule has 0 aromatic heterocycles. The molecule has 0 saturated carbocycles. The Bertz CT molecular complexity index is 524. The van der Waals surface area contributed by atoms with Gasteiger partial charge in [-0.25, -0.2) is 4.39 Å². The highest BCUT2D eigenvalue weighted by Gasteiger charge is 2.30. The smallest absolute Gasteiger partial charge is 0.240 e. The second-order valence-electron chi connectivity index (χ2n) is 6.38. The predicted octanol–water partition coefficient (Wildman–Crippen LogP) is 2.85. The third-order valence-electron chi connectivity index (χ3n) is 4.24. The van der Waals surface area contributed by atoms with Gasteiger partial charge in [0.1, 0.15) is 5.82 Å². The van der Waals surface area contributed by atoms with Gasteiger partial charge in [0.05, 0.1) is 11.2 Å². The highest BCUT2D eigenvalue weighted by Crippen LogP contribution is 2.23. The van der Waals surface area contributed by atoms with E-state index < -0.39 is 5.54 Å². The number of halogens is 2. The van der Waals surface area contributed by atoms with Crippen molar-refractivity contribution in [1.82, 2.24) is 5.32 Å². The Balaban J connectivity index is 0.00000264. The van der Waals surface area contributed by atoms with Crippen molar-refractivity contribution in [3.05, 3.63) is 30.1 Å². The van der Waals surface area contributed by atoms with Crippen molar-refractivity contribution >= 4 is 24.0 Å². The summed E-state index contributed by atoms with van der Waals surface area (Å²) in [6.45, 7) is 5.21. The molecule has 1 fully saturated rings. The van der Waals surface area contributed by atoms with Crippen LogP contribution in [0.25, 0.3) is 0 Å². The van der Waals surface area contributed by atoms with Crippen LogP contribution in [-0.2, 0) is 4.79 Å². The number of carbonyl (C=O) groups is 1. The Morgan fingerprint density at radius 3 is 2.83 bits per heavy atom. The lowest BCUT2D eigenvalue weighted by Crippen LogP contribution is -2.57. The van der Waals surface area contributed by atoms with Crippen LogP contribution in [0.3, 0.4) is 0 Å². The first-order valence-corrected chi connectivity index (χ1v) is 8.03. The van der Waals surface area contributed by atoms with E-state index in [0.717, 1.165) is 25.8 Å². The van der Waals surface area contributed by atoms with Crippen LogP contribution in [0.4, 0.5) is 10.1 Å². The van der Waals surface area contributed by atoms with Gasteiger partial charge < -0.3 is 16.0 Å². The maximum atomic E-state index is 13.9. The summed E-state index contributed by atoms with van der Waals surface area (Å²) in [6.07, 6.45) is 3.35.